The molecular weight excluding hydrogens is 222 g/mol. The summed E-state index contributed by atoms with van der Waals surface area (Å²) in [5.41, 5.74) is 3.11. The Kier molecular flexibility index (Phi) is 2.97. The Labute approximate surface area is 100 Å². The van der Waals surface area contributed by atoms with Gasteiger partial charge in [0.05, 0.1) is 11.4 Å². The van der Waals surface area contributed by atoms with Gasteiger partial charge in [-0.3, -0.25) is 0 Å². The lowest BCUT2D eigenvalue weighted by Gasteiger charge is -2.06. The maximum Gasteiger partial charge on any atom is 0.131 e. The monoisotopic (exact) mass is 235 g/mol. The van der Waals surface area contributed by atoms with Gasteiger partial charge in [0, 0.05) is 18.5 Å². The van der Waals surface area contributed by atoms with E-state index in [1.807, 2.05) is 29.9 Å². The zero-order chi connectivity index (χ0) is 11.7. The quantitative estimate of drug-likeness (QED) is 0.748. The van der Waals surface area contributed by atoms with Gasteiger partial charge in [0.15, 0.2) is 0 Å². The number of rotatable bonds is 2. The maximum atomic E-state index is 5.88. The van der Waals surface area contributed by atoms with E-state index in [2.05, 4.69) is 23.9 Å². The van der Waals surface area contributed by atoms with Crippen molar-refractivity contribution in [2.75, 3.05) is 0 Å². The van der Waals surface area contributed by atoms with Gasteiger partial charge in [-0.1, -0.05) is 25.4 Å². The topological polar surface area (TPSA) is 30.7 Å². The number of aryl methyl sites for hydroxylation is 1. The molecule has 0 aliphatic heterocycles. The van der Waals surface area contributed by atoms with E-state index in [9.17, 15) is 0 Å². The number of halogens is 1. The molecule has 2 heterocycles. The molecule has 0 unspecified atom stereocenters. The highest BCUT2D eigenvalue weighted by atomic mass is 35.5. The zero-order valence-corrected chi connectivity index (χ0v) is 10.4. The van der Waals surface area contributed by atoms with Crippen LogP contribution in [-0.4, -0.2) is 14.8 Å². The van der Waals surface area contributed by atoms with Crippen molar-refractivity contribution in [3.8, 4) is 5.69 Å². The average molecular weight is 236 g/mol. The van der Waals surface area contributed by atoms with Crippen molar-refractivity contribution < 1.29 is 0 Å². The molecule has 0 aromatic carbocycles. The van der Waals surface area contributed by atoms with E-state index >= 15 is 0 Å². The molecule has 84 valence electrons. The van der Waals surface area contributed by atoms with Gasteiger partial charge in [0.2, 0.25) is 0 Å². The molecule has 16 heavy (non-hydrogen) atoms. The van der Waals surface area contributed by atoms with E-state index in [-0.39, 0.29) is 0 Å². The Hall–Kier alpha value is -1.35. The molecule has 0 radical (unpaired) electrons. The normalized spacial score (nSPS) is 11.1. The van der Waals surface area contributed by atoms with Crippen LogP contribution in [0.3, 0.4) is 0 Å². The summed E-state index contributed by atoms with van der Waals surface area (Å²) in [6.07, 6.45) is 3.71. The minimum atomic E-state index is 0.430. The van der Waals surface area contributed by atoms with Crippen molar-refractivity contribution in [3.63, 3.8) is 0 Å². The Bertz CT molecular complexity index is 503. The molecule has 2 rings (SSSR count). The first-order chi connectivity index (χ1) is 7.58. The van der Waals surface area contributed by atoms with Gasteiger partial charge in [0.25, 0.3) is 0 Å². The third-order valence-corrected chi connectivity index (χ3v) is 2.70. The van der Waals surface area contributed by atoms with Crippen molar-refractivity contribution in [1.82, 2.24) is 14.8 Å². The highest BCUT2D eigenvalue weighted by Crippen LogP contribution is 2.18. The summed E-state index contributed by atoms with van der Waals surface area (Å²) in [6.45, 7) is 6.24. The first-order valence-electron chi connectivity index (χ1n) is 5.26. The molecule has 4 heteroatoms. The van der Waals surface area contributed by atoms with E-state index in [1.165, 1.54) is 0 Å². The minimum Gasteiger partial charge on any atom is -0.244 e. The van der Waals surface area contributed by atoms with Crippen LogP contribution in [0.4, 0.5) is 0 Å². The Morgan fingerprint density at radius 1 is 1.38 bits per heavy atom. The Balaban J connectivity index is 2.46. The second-order valence-corrected chi connectivity index (χ2v) is 4.52. The van der Waals surface area contributed by atoms with E-state index in [4.69, 9.17) is 11.6 Å². The number of hydrogen-bond donors (Lipinski definition) is 0. The van der Waals surface area contributed by atoms with Gasteiger partial charge < -0.3 is 0 Å². The smallest absolute Gasteiger partial charge is 0.131 e. The molecule has 2 aromatic heterocycles. The summed E-state index contributed by atoms with van der Waals surface area (Å²) in [6, 6.07) is 3.85. The van der Waals surface area contributed by atoms with Crippen molar-refractivity contribution >= 4 is 11.6 Å². The lowest BCUT2D eigenvalue weighted by Crippen LogP contribution is -2.00. The maximum absolute atomic E-state index is 5.88. The lowest BCUT2D eigenvalue weighted by molar-refractivity contribution is 0.765. The first-order valence-corrected chi connectivity index (χ1v) is 5.64. The Morgan fingerprint density at radius 3 is 2.75 bits per heavy atom. The van der Waals surface area contributed by atoms with Crippen LogP contribution in [0.1, 0.15) is 31.0 Å². The van der Waals surface area contributed by atoms with Crippen LogP contribution in [0.25, 0.3) is 5.69 Å². The van der Waals surface area contributed by atoms with Crippen molar-refractivity contribution in [2.45, 2.75) is 26.7 Å². The van der Waals surface area contributed by atoms with E-state index in [0.717, 1.165) is 16.9 Å². The van der Waals surface area contributed by atoms with E-state index < -0.39 is 0 Å². The number of nitrogens with zero attached hydrogens (tertiary/aromatic N) is 3. The van der Waals surface area contributed by atoms with E-state index in [0.29, 0.717) is 11.1 Å². The van der Waals surface area contributed by atoms with Crippen molar-refractivity contribution in [2.24, 2.45) is 0 Å². The molecule has 0 N–H and O–H groups in total. The predicted octanol–water partition coefficient (Wildman–Crippen LogP) is 3.35. The number of pyridine rings is 1. The molecule has 0 bridgehead atoms. The largest absolute Gasteiger partial charge is 0.244 e. The molecule has 0 amide bonds. The van der Waals surface area contributed by atoms with E-state index in [1.54, 1.807) is 6.20 Å². The molecule has 0 aliphatic rings. The molecule has 0 atom stereocenters. The van der Waals surface area contributed by atoms with Crippen LogP contribution in [0.15, 0.2) is 24.5 Å². The summed E-state index contributed by atoms with van der Waals surface area (Å²) in [4.78, 5) is 4.03. The van der Waals surface area contributed by atoms with Crippen molar-refractivity contribution in [1.29, 1.82) is 0 Å². The summed E-state index contributed by atoms with van der Waals surface area (Å²) in [5.74, 6) is 0.430. The Morgan fingerprint density at radius 2 is 2.12 bits per heavy atom. The van der Waals surface area contributed by atoms with Gasteiger partial charge in [-0.25, -0.2) is 9.67 Å². The summed E-state index contributed by atoms with van der Waals surface area (Å²) in [5, 5.41) is 5.00. The van der Waals surface area contributed by atoms with Gasteiger partial charge in [-0.15, -0.1) is 0 Å². The standard InChI is InChI=1S/C12H14ClN3/c1-8(2)10-4-5-16(15-10)11-6-12(13)14-7-9(11)3/h4-8H,1-3H3. The van der Waals surface area contributed by atoms with Gasteiger partial charge in [0.1, 0.15) is 5.15 Å². The SMILES string of the molecule is Cc1cnc(Cl)cc1-n1ccc(C(C)C)n1. The van der Waals surface area contributed by atoms with Gasteiger partial charge in [-0.2, -0.15) is 5.10 Å². The molecule has 2 aromatic rings. The van der Waals surface area contributed by atoms with Crippen LogP contribution in [0.2, 0.25) is 5.15 Å². The molecule has 0 fully saturated rings. The van der Waals surface area contributed by atoms with Gasteiger partial charge in [-0.05, 0) is 24.5 Å². The van der Waals surface area contributed by atoms with Crippen molar-refractivity contribution in [3.05, 3.63) is 40.9 Å². The molecule has 0 aliphatic carbocycles. The fourth-order valence-corrected chi connectivity index (χ4v) is 1.67. The highest BCUT2D eigenvalue weighted by molar-refractivity contribution is 6.29. The van der Waals surface area contributed by atoms with Gasteiger partial charge >= 0.3 is 0 Å². The minimum absolute atomic E-state index is 0.430. The third-order valence-electron chi connectivity index (χ3n) is 2.49. The molecule has 0 saturated carbocycles. The summed E-state index contributed by atoms with van der Waals surface area (Å²) < 4.78 is 1.85. The summed E-state index contributed by atoms with van der Waals surface area (Å²) >= 11 is 5.88. The molecule has 0 spiro atoms. The highest BCUT2D eigenvalue weighted by Gasteiger charge is 2.07. The molecular formula is C12H14ClN3. The number of hydrogen-bond acceptors (Lipinski definition) is 2. The first kappa shape index (κ1) is 11.1. The predicted molar refractivity (Wildman–Crippen MR) is 65.2 cm³/mol. The number of aromatic nitrogens is 3. The second kappa shape index (κ2) is 4.26. The third kappa shape index (κ3) is 2.09. The van der Waals surface area contributed by atoms with Crippen LogP contribution < -0.4 is 0 Å². The summed E-state index contributed by atoms with van der Waals surface area (Å²) in [7, 11) is 0. The van der Waals surface area contributed by atoms with Crippen LogP contribution in [0, 0.1) is 6.92 Å². The second-order valence-electron chi connectivity index (χ2n) is 4.13. The average Bonchev–Trinajstić information content (AvgIpc) is 2.70. The van der Waals surface area contributed by atoms with Crippen LogP contribution >= 0.6 is 11.6 Å². The molecule has 3 nitrogen and oxygen atoms in total. The van der Waals surface area contributed by atoms with Crippen LogP contribution in [-0.2, 0) is 0 Å². The molecule has 0 saturated heterocycles. The lowest BCUT2D eigenvalue weighted by atomic mass is 10.1. The zero-order valence-electron chi connectivity index (χ0n) is 9.61. The fourth-order valence-electron chi connectivity index (χ4n) is 1.52. The van der Waals surface area contributed by atoms with Crippen LogP contribution in [0.5, 0.6) is 0 Å². The fraction of sp³-hybridized carbons (Fsp3) is 0.333.